The van der Waals surface area contributed by atoms with Crippen molar-refractivity contribution in [1.29, 1.82) is 0 Å². The van der Waals surface area contributed by atoms with E-state index in [1.807, 2.05) is 61.6 Å². The largest absolute Gasteiger partial charge is 0.366 e. The lowest BCUT2D eigenvalue weighted by Gasteiger charge is -2.31. The number of H-pyrrole nitrogens is 1. The predicted octanol–water partition coefficient (Wildman–Crippen LogP) is 3.39. The van der Waals surface area contributed by atoms with Gasteiger partial charge < -0.3 is 15.6 Å². The predicted molar refractivity (Wildman–Crippen MR) is 133 cm³/mol. The van der Waals surface area contributed by atoms with Gasteiger partial charge >= 0.3 is 0 Å². The third-order valence-electron chi connectivity index (χ3n) is 6.49. The monoisotopic (exact) mass is 468 g/mol. The Morgan fingerprint density at radius 1 is 1.12 bits per heavy atom. The lowest BCUT2D eigenvalue weighted by molar-refractivity contribution is 0.100. The van der Waals surface area contributed by atoms with Crippen LogP contribution in [0.15, 0.2) is 48.7 Å². The van der Waals surface area contributed by atoms with Crippen LogP contribution in [0, 0.1) is 0 Å². The molecular weight excluding hydrogens is 436 g/mol. The molecule has 3 aromatic rings. The van der Waals surface area contributed by atoms with Gasteiger partial charge in [-0.3, -0.25) is 4.79 Å². The van der Waals surface area contributed by atoms with E-state index in [4.69, 9.17) is 5.73 Å². The van der Waals surface area contributed by atoms with Crippen LogP contribution in [-0.2, 0) is 10.0 Å². The second kappa shape index (κ2) is 9.67. The number of sulfonamides is 1. The molecule has 0 spiro atoms. The Kier molecular flexibility index (Phi) is 6.88. The standard InChI is InChI=1S/C25H32N4O3S/c1-28(2)11-6-14-33(31,32)29-12-9-19(10-13-29)23-17-27-24-21(23)15-20(16-22(24)25(26)30)18-7-4-3-5-8-18/h3-5,7-8,15-17,19,27H,6,9-14H2,1-2H3,(H2,26,30). The first-order valence-corrected chi connectivity index (χ1v) is 13.0. The van der Waals surface area contributed by atoms with Gasteiger partial charge in [0.2, 0.25) is 10.0 Å². The average molecular weight is 469 g/mol. The van der Waals surface area contributed by atoms with Crippen LogP contribution >= 0.6 is 0 Å². The van der Waals surface area contributed by atoms with Crippen molar-refractivity contribution in [2.45, 2.75) is 25.2 Å². The van der Waals surface area contributed by atoms with Crippen molar-refractivity contribution in [3.63, 3.8) is 0 Å². The summed E-state index contributed by atoms with van der Waals surface area (Å²) in [6.45, 7) is 1.79. The maximum absolute atomic E-state index is 12.7. The zero-order valence-corrected chi connectivity index (χ0v) is 20.1. The van der Waals surface area contributed by atoms with Crippen molar-refractivity contribution in [3.8, 4) is 11.1 Å². The fraction of sp³-hybridized carbons (Fsp3) is 0.400. The summed E-state index contributed by atoms with van der Waals surface area (Å²) in [6, 6.07) is 13.9. The number of benzene rings is 2. The van der Waals surface area contributed by atoms with Crippen LogP contribution in [0.2, 0.25) is 0 Å². The lowest BCUT2D eigenvalue weighted by Crippen LogP contribution is -2.39. The molecule has 0 atom stereocenters. The van der Waals surface area contributed by atoms with Crippen LogP contribution in [0.4, 0.5) is 0 Å². The van der Waals surface area contributed by atoms with Gasteiger partial charge in [0.05, 0.1) is 16.8 Å². The molecule has 0 unspecified atom stereocenters. The number of aromatic nitrogens is 1. The third-order valence-corrected chi connectivity index (χ3v) is 8.45. The van der Waals surface area contributed by atoms with Crippen LogP contribution in [0.3, 0.4) is 0 Å². The zero-order valence-electron chi connectivity index (χ0n) is 19.3. The van der Waals surface area contributed by atoms with Crippen LogP contribution in [-0.4, -0.2) is 68.0 Å². The molecule has 1 aliphatic rings. The topological polar surface area (TPSA) is 99.5 Å². The lowest BCUT2D eigenvalue weighted by atomic mass is 9.88. The van der Waals surface area contributed by atoms with E-state index in [9.17, 15) is 13.2 Å². The Balaban J connectivity index is 1.57. The first-order chi connectivity index (χ1) is 15.8. The number of hydrogen-bond acceptors (Lipinski definition) is 4. The summed E-state index contributed by atoms with van der Waals surface area (Å²) in [5, 5.41) is 0.984. The average Bonchev–Trinajstić information content (AvgIpc) is 3.22. The second-order valence-electron chi connectivity index (χ2n) is 9.07. The molecule has 0 bridgehead atoms. The first-order valence-electron chi connectivity index (χ1n) is 11.4. The molecule has 3 N–H and O–H groups in total. The molecule has 1 aromatic heterocycles. The molecule has 1 amide bonds. The van der Waals surface area contributed by atoms with Gasteiger partial charge in [0.15, 0.2) is 0 Å². The number of rotatable bonds is 8. The smallest absolute Gasteiger partial charge is 0.250 e. The van der Waals surface area contributed by atoms with Crippen molar-refractivity contribution >= 4 is 26.8 Å². The van der Waals surface area contributed by atoms with Crippen molar-refractivity contribution < 1.29 is 13.2 Å². The number of amides is 1. The van der Waals surface area contributed by atoms with E-state index >= 15 is 0 Å². The normalized spacial score (nSPS) is 16.0. The van der Waals surface area contributed by atoms with E-state index in [2.05, 4.69) is 11.1 Å². The van der Waals surface area contributed by atoms with Gasteiger partial charge in [-0.25, -0.2) is 12.7 Å². The fourth-order valence-electron chi connectivity index (χ4n) is 4.72. The summed E-state index contributed by atoms with van der Waals surface area (Å²) in [4.78, 5) is 17.5. The summed E-state index contributed by atoms with van der Waals surface area (Å²) in [5.41, 5.74) is 10.0. The van der Waals surface area contributed by atoms with E-state index in [1.165, 1.54) is 0 Å². The van der Waals surface area contributed by atoms with E-state index in [0.717, 1.165) is 47.0 Å². The number of carbonyl (C=O) groups excluding carboxylic acids is 1. The molecule has 1 aliphatic heterocycles. The van der Waals surface area contributed by atoms with Gasteiger partial charge in [-0.05, 0) is 74.6 Å². The molecule has 8 heteroatoms. The first kappa shape index (κ1) is 23.5. The molecule has 0 saturated carbocycles. The van der Waals surface area contributed by atoms with Crippen LogP contribution in [0.25, 0.3) is 22.0 Å². The number of carbonyl (C=O) groups is 1. The van der Waals surface area contributed by atoms with E-state index < -0.39 is 15.9 Å². The molecular formula is C25H32N4O3S. The molecule has 7 nitrogen and oxygen atoms in total. The number of hydrogen-bond donors (Lipinski definition) is 2. The SMILES string of the molecule is CN(C)CCCS(=O)(=O)N1CCC(c2c[nH]c3c(C(N)=O)cc(-c4ccccc4)cc23)CC1. The van der Waals surface area contributed by atoms with Crippen LogP contribution in [0.1, 0.15) is 41.1 Å². The van der Waals surface area contributed by atoms with Gasteiger partial charge in [-0.1, -0.05) is 30.3 Å². The van der Waals surface area contributed by atoms with E-state index in [0.29, 0.717) is 25.1 Å². The van der Waals surface area contributed by atoms with Gasteiger partial charge in [-0.2, -0.15) is 0 Å². The minimum Gasteiger partial charge on any atom is -0.366 e. The minimum absolute atomic E-state index is 0.186. The Hall–Kier alpha value is -2.68. The molecule has 2 heterocycles. The second-order valence-corrected chi connectivity index (χ2v) is 11.2. The summed E-state index contributed by atoms with van der Waals surface area (Å²) in [5.74, 6) is -0.0609. The highest BCUT2D eigenvalue weighted by atomic mass is 32.2. The van der Waals surface area contributed by atoms with Crippen molar-refractivity contribution in [1.82, 2.24) is 14.2 Å². The summed E-state index contributed by atoms with van der Waals surface area (Å²) >= 11 is 0. The van der Waals surface area contributed by atoms with Gasteiger partial charge in [0.25, 0.3) is 5.91 Å². The number of piperidine rings is 1. The number of nitrogens with one attached hydrogen (secondary N) is 1. The Morgan fingerprint density at radius 2 is 1.82 bits per heavy atom. The zero-order chi connectivity index (χ0) is 23.6. The van der Waals surface area contributed by atoms with Crippen molar-refractivity contribution in [2.75, 3.05) is 39.5 Å². The summed E-state index contributed by atoms with van der Waals surface area (Å²) in [6.07, 6.45) is 4.09. The van der Waals surface area contributed by atoms with Gasteiger partial charge in [0.1, 0.15) is 0 Å². The molecule has 2 aromatic carbocycles. The molecule has 1 saturated heterocycles. The fourth-order valence-corrected chi connectivity index (χ4v) is 6.24. The molecule has 0 aliphatic carbocycles. The van der Waals surface area contributed by atoms with E-state index in [1.54, 1.807) is 4.31 Å². The Labute approximate surface area is 195 Å². The number of fused-ring (bicyclic) bond motifs is 1. The molecule has 33 heavy (non-hydrogen) atoms. The maximum Gasteiger partial charge on any atom is 0.250 e. The van der Waals surface area contributed by atoms with Gasteiger partial charge in [-0.15, -0.1) is 0 Å². The van der Waals surface area contributed by atoms with Crippen molar-refractivity contribution in [3.05, 3.63) is 59.8 Å². The van der Waals surface area contributed by atoms with Gasteiger partial charge in [0, 0.05) is 24.7 Å². The number of nitrogens with two attached hydrogens (primary N) is 1. The quantitative estimate of drug-likeness (QED) is 0.529. The Morgan fingerprint density at radius 3 is 2.45 bits per heavy atom. The van der Waals surface area contributed by atoms with E-state index in [-0.39, 0.29) is 11.7 Å². The molecule has 1 fully saturated rings. The van der Waals surface area contributed by atoms with Crippen molar-refractivity contribution in [2.24, 2.45) is 5.73 Å². The highest BCUT2D eigenvalue weighted by Gasteiger charge is 2.30. The number of aromatic amines is 1. The third kappa shape index (κ3) is 5.13. The molecule has 0 radical (unpaired) electrons. The Bertz CT molecular complexity index is 1230. The number of primary amides is 1. The highest BCUT2D eigenvalue weighted by Crippen LogP contribution is 2.37. The molecule has 4 rings (SSSR count). The summed E-state index contributed by atoms with van der Waals surface area (Å²) < 4.78 is 27.1. The highest BCUT2D eigenvalue weighted by molar-refractivity contribution is 7.89. The maximum atomic E-state index is 12.7. The van der Waals surface area contributed by atoms with Crippen LogP contribution in [0.5, 0.6) is 0 Å². The number of nitrogens with zero attached hydrogens (tertiary/aromatic N) is 2. The minimum atomic E-state index is -3.24. The summed E-state index contributed by atoms with van der Waals surface area (Å²) in [7, 11) is 0.664. The van der Waals surface area contributed by atoms with Crippen LogP contribution < -0.4 is 5.73 Å². The molecule has 176 valence electrons.